The van der Waals surface area contributed by atoms with Gasteiger partial charge in [0, 0.05) is 12.1 Å². The fraction of sp³-hybridized carbons (Fsp3) is 0.529. The summed E-state index contributed by atoms with van der Waals surface area (Å²) in [4.78, 5) is 26.9. The highest BCUT2D eigenvalue weighted by Gasteiger charge is 2.30. The SMILES string of the molecule is CN(CCOc1ccc(Cl)cc1)C(=O)CN1CCCCC1C(=O)O. The molecule has 1 aliphatic rings. The number of aliphatic carboxylic acids is 1. The Balaban J connectivity index is 1.76. The second-order valence-electron chi connectivity index (χ2n) is 5.94. The number of carboxylic acids is 1. The molecule has 1 aromatic carbocycles. The Hall–Kier alpha value is -1.79. The minimum Gasteiger partial charge on any atom is -0.492 e. The van der Waals surface area contributed by atoms with E-state index in [-0.39, 0.29) is 12.5 Å². The van der Waals surface area contributed by atoms with Gasteiger partial charge in [-0.05, 0) is 43.7 Å². The molecule has 0 bridgehead atoms. The van der Waals surface area contributed by atoms with Gasteiger partial charge in [-0.1, -0.05) is 18.0 Å². The van der Waals surface area contributed by atoms with Crippen molar-refractivity contribution in [1.29, 1.82) is 0 Å². The predicted octanol–water partition coefficient (Wildman–Crippen LogP) is 2.12. The van der Waals surface area contributed by atoms with E-state index in [0.717, 1.165) is 12.8 Å². The van der Waals surface area contributed by atoms with E-state index < -0.39 is 12.0 Å². The number of hydrogen-bond acceptors (Lipinski definition) is 4. The van der Waals surface area contributed by atoms with E-state index in [2.05, 4.69) is 0 Å². The van der Waals surface area contributed by atoms with Gasteiger partial charge in [-0.2, -0.15) is 0 Å². The van der Waals surface area contributed by atoms with Crippen LogP contribution in [0.2, 0.25) is 5.02 Å². The van der Waals surface area contributed by atoms with Crippen LogP contribution in [0, 0.1) is 0 Å². The molecule has 0 saturated carbocycles. The van der Waals surface area contributed by atoms with Crippen molar-refractivity contribution in [2.75, 3.05) is 33.3 Å². The van der Waals surface area contributed by atoms with Gasteiger partial charge in [-0.15, -0.1) is 0 Å². The van der Waals surface area contributed by atoms with Crippen molar-refractivity contribution >= 4 is 23.5 Å². The Bertz CT molecular complexity index is 564. The summed E-state index contributed by atoms with van der Waals surface area (Å²) in [7, 11) is 1.70. The molecule has 1 amide bonds. The number of likely N-dealkylation sites (N-methyl/N-ethyl adjacent to an activating group) is 1. The molecule has 0 spiro atoms. The number of hydrogen-bond donors (Lipinski definition) is 1. The average Bonchev–Trinajstić information content (AvgIpc) is 2.56. The summed E-state index contributed by atoms with van der Waals surface area (Å²) in [5.41, 5.74) is 0. The molecule has 1 fully saturated rings. The lowest BCUT2D eigenvalue weighted by atomic mass is 10.0. The molecule has 1 saturated heterocycles. The first-order chi connectivity index (χ1) is 11.5. The monoisotopic (exact) mass is 354 g/mol. The van der Waals surface area contributed by atoms with Crippen LogP contribution in [0.1, 0.15) is 19.3 Å². The maximum absolute atomic E-state index is 12.3. The molecule has 2 rings (SSSR count). The number of amides is 1. The molecule has 132 valence electrons. The van der Waals surface area contributed by atoms with Gasteiger partial charge >= 0.3 is 5.97 Å². The fourth-order valence-corrected chi connectivity index (χ4v) is 2.84. The van der Waals surface area contributed by atoms with Gasteiger partial charge < -0.3 is 14.7 Å². The van der Waals surface area contributed by atoms with Gasteiger partial charge in [0.2, 0.25) is 5.91 Å². The molecular weight excluding hydrogens is 332 g/mol. The van der Waals surface area contributed by atoms with Crippen LogP contribution >= 0.6 is 11.6 Å². The Morgan fingerprint density at radius 1 is 1.33 bits per heavy atom. The van der Waals surface area contributed by atoms with Gasteiger partial charge in [0.15, 0.2) is 0 Å². The van der Waals surface area contributed by atoms with Crippen molar-refractivity contribution in [1.82, 2.24) is 9.80 Å². The molecule has 1 aromatic rings. The largest absolute Gasteiger partial charge is 0.492 e. The van der Waals surface area contributed by atoms with Crippen LogP contribution < -0.4 is 4.74 Å². The first-order valence-electron chi connectivity index (χ1n) is 8.06. The molecule has 0 aromatic heterocycles. The summed E-state index contributed by atoms with van der Waals surface area (Å²) in [6.07, 6.45) is 2.43. The van der Waals surface area contributed by atoms with E-state index in [9.17, 15) is 14.7 Å². The molecule has 7 heteroatoms. The molecule has 24 heavy (non-hydrogen) atoms. The second-order valence-corrected chi connectivity index (χ2v) is 6.37. The third-order valence-corrected chi connectivity index (χ3v) is 4.42. The van der Waals surface area contributed by atoms with Gasteiger partial charge in [0.25, 0.3) is 0 Å². The summed E-state index contributed by atoms with van der Waals surface area (Å²) in [5.74, 6) is -0.249. The van der Waals surface area contributed by atoms with Crippen LogP contribution in [-0.2, 0) is 9.59 Å². The molecular formula is C17H23ClN2O4. The summed E-state index contributed by atoms with van der Waals surface area (Å²) >= 11 is 5.81. The van der Waals surface area contributed by atoms with E-state index in [1.54, 1.807) is 41.1 Å². The fourth-order valence-electron chi connectivity index (χ4n) is 2.71. The number of carbonyl (C=O) groups excluding carboxylic acids is 1. The van der Waals surface area contributed by atoms with E-state index in [1.807, 2.05) is 0 Å². The van der Waals surface area contributed by atoms with Gasteiger partial charge in [0.1, 0.15) is 18.4 Å². The normalized spacial score (nSPS) is 18.2. The third-order valence-electron chi connectivity index (χ3n) is 4.17. The van der Waals surface area contributed by atoms with Crippen LogP contribution in [0.4, 0.5) is 0 Å². The lowest BCUT2D eigenvalue weighted by Crippen LogP contribution is -2.49. The molecule has 0 aliphatic carbocycles. The summed E-state index contributed by atoms with van der Waals surface area (Å²) < 4.78 is 5.57. The van der Waals surface area contributed by atoms with Crippen LogP contribution in [0.25, 0.3) is 0 Å². The van der Waals surface area contributed by atoms with Crippen molar-refractivity contribution in [3.8, 4) is 5.75 Å². The number of piperidine rings is 1. The zero-order chi connectivity index (χ0) is 17.5. The number of rotatable bonds is 7. The smallest absolute Gasteiger partial charge is 0.320 e. The average molecular weight is 355 g/mol. The molecule has 1 N–H and O–H groups in total. The molecule has 1 heterocycles. The number of nitrogens with zero attached hydrogens (tertiary/aromatic N) is 2. The molecule has 6 nitrogen and oxygen atoms in total. The standard InChI is InChI=1S/C17H23ClN2O4/c1-19(10-11-24-14-7-5-13(18)6-8-14)16(21)12-20-9-3-2-4-15(20)17(22)23/h5-8,15H,2-4,9-12H2,1H3,(H,22,23). The first-order valence-corrected chi connectivity index (χ1v) is 8.44. The van der Waals surface area contributed by atoms with Gasteiger partial charge in [-0.3, -0.25) is 14.5 Å². The van der Waals surface area contributed by atoms with Crippen molar-refractivity contribution in [3.63, 3.8) is 0 Å². The van der Waals surface area contributed by atoms with Crippen LogP contribution in [0.3, 0.4) is 0 Å². The topological polar surface area (TPSA) is 70.1 Å². The molecule has 1 atom stereocenters. The number of halogens is 1. The zero-order valence-electron chi connectivity index (χ0n) is 13.8. The van der Waals surface area contributed by atoms with Crippen LogP contribution in [0.15, 0.2) is 24.3 Å². The minimum absolute atomic E-state index is 0.0946. The minimum atomic E-state index is -0.851. The Labute approximate surface area is 146 Å². The predicted molar refractivity (Wildman–Crippen MR) is 91.4 cm³/mol. The Morgan fingerprint density at radius 3 is 2.71 bits per heavy atom. The number of carboxylic acid groups (broad SMARTS) is 1. The van der Waals surface area contributed by atoms with Gasteiger partial charge in [0.05, 0.1) is 13.1 Å². The Morgan fingerprint density at radius 2 is 2.04 bits per heavy atom. The summed E-state index contributed by atoms with van der Waals surface area (Å²) in [6, 6.07) is 6.48. The van der Waals surface area contributed by atoms with Crippen molar-refractivity contribution < 1.29 is 19.4 Å². The highest BCUT2D eigenvalue weighted by atomic mass is 35.5. The second kappa shape index (κ2) is 8.89. The highest BCUT2D eigenvalue weighted by molar-refractivity contribution is 6.30. The van der Waals surface area contributed by atoms with Gasteiger partial charge in [-0.25, -0.2) is 0 Å². The number of ether oxygens (including phenoxy) is 1. The van der Waals surface area contributed by atoms with E-state index >= 15 is 0 Å². The maximum atomic E-state index is 12.3. The van der Waals surface area contributed by atoms with E-state index in [4.69, 9.17) is 16.3 Å². The molecule has 0 radical (unpaired) electrons. The van der Waals surface area contributed by atoms with E-state index in [0.29, 0.717) is 36.9 Å². The van der Waals surface area contributed by atoms with E-state index in [1.165, 1.54) is 0 Å². The summed E-state index contributed by atoms with van der Waals surface area (Å²) in [6.45, 7) is 1.59. The number of benzene rings is 1. The zero-order valence-corrected chi connectivity index (χ0v) is 14.5. The van der Waals surface area contributed by atoms with Crippen molar-refractivity contribution in [2.24, 2.45) is 0 Å². The first kappa shape index (κ1) is 18.5. The quantitative estimate of drug-likeness (QED) is 0.812. The lowest BCUT2D eigenvalue weighted by molar-refractivity contribution is -0.146. The maximum Gasteiger partial charge on any atom is 0.320 e. The molecule has 1 unspecified atom stereocenters. The van der Waals surface area contributed by atoms with Crippen LogP contribution in [0.5, 0.6) is 5.75 Å². The third kappa shape index (κ3) is 5.39. The Kier molecular flexibility index (Phi) is 6.87. The van der Waals surface area contributed by atoms with Crippen molar-refractivity contribution in [3.05, 3.63) is 29.3 Å². The highest BCUT2D eigenvalue weighted by Crippen LogP contribution is 2.17. The van der Waals surface area contributed by atoms with Crippen LogP contribution in [-0.4, -0.2) is 66.1 Å². The lowest BCUT2D eigenvalue weighted by Gasteiger charge is -2.33. The number of likely N-dealkylation sites (tertiary alicyclic amines) is 1. The number of carbonyl (C=O) groups is 2. The summed E-state index contributed by atoms with van der Waals surface area (Å²) in [5, 5.41) is 9.89. The molecule has 1 aliphatic heterocycles. The van der Waals surface area contributed by atoms with Crippen molar-refractivity contribution in [2.45, 2.75) is 25.3 Å².